The zero-order valence-corrected chi connectivity index (χ0v) is 19.8. The number of carbonyl (C=O) groups is 1. The first kappa shape index (κ1) is 22.6. The molecule has 7 nitrogen and oxygen atoms in total. The van der Waals surface area contributed by atoms with Gasteiger partial charge in [-0.2, -0.15) is 5.10 Å². The van der Waals surface area contributed by atoms with E-state index in [1.54, 1.807) is 25.6 Å². The molecule has 4 rings (SSSR count). The summed E-state index contributed by atoms with van der Waals surface area (Å²) >= 11 is 1.70. The third-order valence-corrected chi connectivity index (χ3v) is 7.82. The number of hydrazone groups is 1. The van der Waals surface area contributed by atoms with Gasteiger partial charge in [0.05, 0.1) is 14.2 Å². The lowest BCUT2D eigenvalue weighted by Crippen LogP contribution is -2.46. The number of nitrogens with one attached hydrogen (secondary N) is 2. The fourth-order valence-corrected chi connectivity index (χ4v) is 5.82. The van der Waals surface area contributed by atoms with E-state index in [2.05, 4.69) is 46.0 Å². The summed E-state index contributed by atoms with van der Waals surface area (Å²) in [5.74, 6) is 1.52. The van der Waals surface area contributed by atoms with Gasteiger partial charge in [-0.25, -0.2) is 10.2 Å². The van der Waals surface area contributed by atoms with E-state index >= 15 is 0 Å². The minimum atomic E-state index is -0.245. The van der Waals surface area contributed by atoms with Gasteiger partial charge in [0.1, 0.15) is 0 Å². The molecule has 1 aliphatic carbocycles. The second kappa shape index (κ2) is 9.92. The summed E-state index contributed by atoms with van der Waals surface area (Å²) in [6.07, 6.45) is 4.66. The monoisotopic (exact) mass is 456 g/mol. The lowest BCUT2D eigenvalue weighted by molar-refractivity contribution is 0.225. The molecule has 172 valence electrons. The average molecular weight is 457 g/mol. The first-order valence-electron chi connectivity index (χ1n) is 11.1. The third-order valence-electron chi connectivity index (χ3n) is 6.88. The summed E-state index contributed by atoms with van der Waals surface area (Å²) < 4.78 is 11.0. The van der Waals surface area contributed by atoms with Crippen molar-refractivity contribution in [1.82, 2.24) is 15.6 Å². The Hall–Kier alpha value is -2.58. The molecule has 2 amide bonds. The van der Waals surface area contributed by atoms with Gasteiger partial charge in [0.2, 0.25) is 0 Å². The van der Waals surface area contributed by atoms with Gasteiger partial charge in [0, 0.05) is 35.0 Å². The number of fused-ring (bicyclic) bond motifs is 1. The number of benzene rings is 1. The molecule has 1 saturated carbocycles. The van der Waals surface area contributed by atoms with Crippen molar-refractivity contribution in [2.45, 2.75) is 43.6 Å². The Morgan fingerprint density at radius 3 is 2.84 bits per heavy atom. The fourth-order valence-electron chi connectivity index (χ4n) is 5.11. The summed E-state index contributed by atoms with van der Waals surface area (Å²) in [7, 11) is 5.53. The highest BCUT2D eigenvalue weighted by atomic mass is 32.1. The molecule has 1 saturated heterocycles. The summed E-state index contributed by atoms with van der Waals surface area (Å²) in [5.41, 5.74) is 5.11. The standard InChI is InChI=1S/C24H32N4O3S/c1-28-13-11-24(17-6-7-20(30-2)21(15-17)31-3)10-8-18(16-22(24)28)26-27-23(29)25-12-9-19-5-4-14-32-19/h4-7,14-15,22H,8-13,16H2,1-3H3,(H2,25,27,29)/b26-18+. The number of hydrogen-bond acceptors (Lipinski definition) is 6. The van der Waals surface area contributed by atoms with Crippen molar-refractivity contribution in [3.63, 3.8) is 0 Å². The molecule has 2 aromatic rings. The number of thiophene rings is 1. The number of urea groups is 1. The Bertz CT molecular complexity index is 962. The van der Waals surface area contributed by atoms with Gasteiger partial charge in [-0.15, -0.1) is 11.3 Å². The van der Waals surface area contributed by atoms with E-state index in [-0.39, 0.29) is 11.4 Å². The quantitative estimate of drug-likeness (QED) is 0.622. The smallest absolute Gasteiger partial charge is 0.335 e. The number of carbonyl (C=O) groups excluding carboxylic acids is 1. The van der Waals surface area contributed by atoms with E-state index in [0.29, 0.717) is 12.6 Å². The zero-order valence-electron chi connectivity index (χ0n) is 19.0. The van der Waals surface area contributed by atoms with Gasteiger partial charge in [-0.3, -0.25) is 0 Å². The number of likely N-dealkylation sites (tertiary alicyclic amines) is 1. The Kier molecular flexibility index (Phi) is 7.01. The number of nitrogens with zero attached hydrogens (tertiary/aromatic N) is 2. The summed E-state index contributed by atoms with van der Waals surface area (Å²) in [4.78, 5) is 15.8. The van der Waals surface area contributed by atoms with Gasteiger partial charge >= 0.3 is 6.03 Å². The van der Waals surface area contributed by atoms with Crippen molar-refractivity contribution >= 4 is 23.1 Å². The minimum absolute atomic E-state index is 0.0658. The van der Waals surface area contributed by atoms with Crippen LogP contribution < -0.4 is 20.2 Å². The van der Waals surface area contributed by atoms with Crippen LogP contribution in [0.4, 0.5) is 4.79 Å². The maximum Gasteiger partial charge on any atom is 0.335 e. The van der Waals surface area contributed by atoms with Crippen LogP contribution in [0.5, 0.6) is 11.5 Å². The normalized spacial score (nSPS) is 24.2. The fraction of sp³-hybridized carbons (Fsp3) is 0.500. The molecule has 2 N–H and O–H groups in total. The van der Waals surface area contributed by atoms with E-state index < -0.39 is 0 Å². The van der Waals surface area contributed by atoms with Gasteiger partial charge < -0.3 is 19.7 Å². The largest absolute Gasteiger partial charge is 0.493 e. The Balaban J connectivity index is 1.40. The molecule has 1 aromatic carbocycles. The number of hydrogen-bond donors (Lipinski definition) is 2. The molecule has 2 heterocycles. The van der Waals surface area contributed by atoms with Crippen molar-refractivity contribution in [1.29, 1.82) is 0 Å². The molecule has 0 radical (unpaired) electrons. The van der Waals surface area contributed by atoms with Crippen LogP contribution in [0.1, 0.15) is 36.1 Å². The van der Waals surface area contributed by atoms with Crippen LogP contribution in [0.3, 0.4) is 0 Å². The van der Waals surface area contributed by atoms with Crippen molar-refractivity contribution in [2.75, 3.05) is 34.4 Å². The van der Waals surface area contributed by atoms with Crippen LogP contribution >= 0.6 is 11.3 Å². The van der Waals surface area contributed by atoms with Crippen molar-refractivity contribution in [3.8, 4) is 11.5 Å². The van der Waals surface area contributed by atoms with Crippen molar-refractivity contribution < 1.29 is 14.3 Å². The van der Waals surface area contributed by atoms with Crippen LogP contribution in [0, 0.1) is 0 Å². The first-order chi connectivity index (χ1) is 15.6. The second-order valence-electron chi connectivity index (χ2n) is 8.55. The number of amides is 2. The number of rotatable bonds is 7. The van der Waals surface area contributed by atoms with Gasteiger partial charge in [-0.1, -0.05) is 12.1 Å². The van der Waals surface area contributed by atoms with Crippen molar-refractivity contribution in [2.24, 2.45) is 5.10 Å². The van der Waals surface area contributed by atoms with Gasteiger partial charge in [0.25, 0.3) is 0 Å². The second-order valence-corrected chi connectivity index (χ2v) is 9.58. The van der Waals surface area contributed by atoms with Crippen LogP contribution in [-0.2, 0) is 11.8 Å². The Morgan fingerprint density at radius 2 is 2.09 bits per heavy atom. The van der Waals surface area contributed by atoms with Crippen LogP contribution in [0.25, 0.3) is 0 Å². The highest BCUT2D eigenvalue weighted by Gasteiger charge is 2.49. The summed E-state index contributed by atoms with van der Waals surface area (Å²) in [5, 5.41) is 9.40. The molecule has 0 spiro atoms. The maximum atomic E-state index is 12.2. The van der Waals surface area contributed by atoms with E-state index in [0.717, 1.165) is 55.9 Å². The predicted molar refractivity (Wildman–Crippen MR) is 128 cm³/mol. The van der Waals surface area contributed by atoms with Gasteiger partial charge in [0.15, 0.2) is 11.5 Å². The topological polar surface area (TPSA) is 75.2 Å². The highest BCUT2D eigenvalue weighted by Crippen LogP contribution is 2.49. The van der Waals surface area contributed by atoms with Crippen LogP contribution in [0.15, 0.2) is 40.8 Å². The predicted octanol–water partition coefficient (Wildman–Crippen LogP) is 3.79. The zero-order chi connectivity index (χ0) is 22.6. The van der Waals surface area contributed by atoms with Crippen LogP contribution in [0.2, 0.25) is 0 Å². The Morgan fingerprint density at radius 1 is 1.25 bits per heavy atom. The molecule has 32 heavy (non-hydrogen) atoms. The summed E-state index contributed by atoms with van der Waals surface area (Å²) in [6.45, 7) is 1.65. The van der Waals surface area contributed by atoms with Crippen molar-refractivity contribution in [3.05, 3.63) is 46.2 Å². The molecule has 1 aliphatic heterocycles. The van der Waals surface area contributed by atoms with E-state index in [1.807, 2.05) is 17.5 Å². The van der Waals surface area contributed by atoms with E-state index in [4.69, 9.17) is 9.47 Å². The van der Waals surface area contributed by atoms with Crippen LogP contribution in [-0.4, -0.2) is 57.0 Å². The molecule has 2 unspecified atom stereocenters. The molecule has 0 bridgehead atoms. The van der Waals surface area contributed by atoms with E-state index in [9.17, 15) is 4.79 Å². The maximum absolute atomic E-state index is 12.2. The number of ether oxygens (including phenoxy) is 2. The molecule has 2 fully saturated rings. The molecule has 2 atom stereocenters. The van der Waals surface area contributed by atoms with E-state index in [1.165, 1.54) is 10.4 Å². The highest BCUT2D eigenvalue weighted by molar-refractivity contribution is 7.09. The van der Waals surface area contributed by atoms with Gasteiger partial charge in [-0.05, 0) is 68.4 Å². The molecule has 2 aliphatic rings. The lowest BCUT2D eigenvalue weighted by Gasteiger charge is -2.42. The SMILES string of the molecule is COc1ccc(C23CC/C(=N\NC(=O)NCCc4cccs4)CC2N(C)CC3)cc1OC. The third kappa shape index (κ3) is 4.61. The first-order valence-corrected chi connectivity index (χ1v) is 12.0. The molecule has 1 aromatic heterocycles. The Labute approximate surface area is 193 Å². The molecular weight excluding hydrogens is 424 g/mol. The average Bonchev–Trinajstić information content (AvgIpc) is 3.46. The lowest BCUT2D eigenvalue weighted by atomic mass is 9.65. The molecular formula is C24H32N4O3S. The minimum Gasteiger partial charge on any atom is -0.493 e. The summed E-state index contributed by atoms with van der Waals surface area (Å²) in [6, 6.07) is 10.5. The number of methoxy groups -OCH3 is 2. The molecule has 8 heteroatoms. The number of likely N-dealkylation sites (N-methyl/N-ethyl adjacent to an activating group) is 1.